The summed E-state index contributed by atoms with van der Waals surface area (Å²) < 4.78 is 7.40. The normalized spacial score (nSPS) is 10.9. The summed E-state index contributed by atoms with van der Waals surface area (Å²) in [6.45, 7) is 2.15. The molecule has 6 heteroatoms. The van der Waals surface area contributed by atoms with Crippen LogP contribution in [0.25, 0.3) is 16.7 Å². The number of aryl methyl sites for hydroxylation is 1. The number of aromatic nitrogens is 2. The molecule has 0 atom stereocenters. The second-order valence-corrected chi connectivity index (χ2v) is 7.62. The lowest BCUT2D eigenvalue weighted by Crippen LogP contribution is -2.08. The molecule has 2 aromatic carbocycles. The van der Waals surface area contributed by atoms with Gasteiger partial charge >= 0.3 is 5.97 Å². The average Bonchev–Trinajstić information content (AvgIpc) is 3.38. The van der Waals surface area contributed by atoms with Crippen molar-refractivity contribution in [2.24, 2.45) is 0 Å². The fourth-order valence-electron chi connectivity index (χ4n) is 3.27. The monoisotopic (exact) mass is 404 g/mol. The summed E-state index contributed by atoms with van der Waals surface area (Å²) in [5, 5.41) is 1.88. The first kappa shape index (κ1) is 19.1. The molecular weight excluding hydrogens is 384 g/mol. The third kappa shape index (κ3) is 4.12. The molecule has 0 amide bonds. The molecule has 0 aliphatic heterocycles. The number of benzene rings is 2. The zero-order valence-electron chi connectivity index (χ0n) is 16.0. The third-order valence-electron chi connectivity index (χ3n) is 4.65. The van der Waals surface area contributed by atoms with E-state index in [1.165, 1.54) is 11.3 Å². The standard InChI is InChI=1S/C23H20N2O3S/c1-16-24-19-15-17(11-12-20(19)25(16)18-7-3-2-4-8-18)23(27)28-13-5-9-21(26)22-10-6-14-29-22/h2-4,6-8,10-12,14-15H,5,9,13H2,1H3. The number of Topliss-reactive ketones (excluding diaryl/α,β-unsaturated/α-hetero) is 1. The maximum Gasteiger partial charge on any atom is 0.338 e. The number of esters is 1. The minimum atomic E-state index is -0.401. The number of ether oxygens (including phenoxy) is 1. The van der Waals surface area contributed by atoms with Gasteiger partial charge in [0.15, 0.2) is 5.78 Å². The van der Waals surface area contributed by atoms with E-state index in [0.717, 1.165) is 27.4 Å². The lowest BCUT2D eigenvalue weighted by atomic mass is 10.2. The lowest BCUT2D eigenvalue weighted by molar-refractivity contribution is 0.0494. The van der Waals surface area contributed by atoms with Crippen molar-refractivity contribution >= 4 is 34.1 Å². The first-order chi connectivity index (χ1) is 14.1. The summed E-state index contributed by atoms with van der Waals surface area (Å²) in [5.74, 6) is 0.533. The molecule has 146 valence electrons. The Morgan fingerprint density at radius 3 is 2.66 bits per heavy atom. The van der Waals surface area contributed by atoms with Gasteiger partial charge < -0.3 is 4.74 Å². The van der Waals surface area contributed by atoms with Crippen molar-refractivity contribution in [3.8, 4) is 5.69 Å². The number of para-hydroxylation sites is 1. The van der Waals surface area contributed by atoms with Crippen LogP contribution in [0.4, 0.5) is 0 Å². The van der Waals surface area contributed by atoms with Gasteiger partial charge in [0, 0.05) is 12.1 Å². The summed E-state index contributed by atoms with van der Waals surface area (Å²) in [4.78, 5) is 29.7. The first-order valence-electron chi connectivity index (χ1n) is 9.42. The number of fused-ring (bicyclic) bond motifs is 1. The van der Waals surface area contributed by atoms with Crippen molar-refractivity contribution in [3.63, 3.8) is 0 Å². The summed E-state index contributed by atoms with van der Waals surface area (Å²) in [5.41, 5.74) is 3.17. The largest absolute Gasteiger partial charge is 0.462 e. The lowest BCUT2D eigenvalue weighted by Gasteiger charge is -2.07. The summed E-state index contributed by atoms with van der Waals surface area (Å²) in [7, 11) is 0. The molecule has 2 aromatic heterocycles. The molecule has 0 unspecified atom stereocenters. The van der Waals surface area contributed by atoms with Crippen LogP contribution >= 0.6 is 11.3 Å². The van der Waals surface area contributed by atoms with Crippen LogP contribution in [0.15, 0.2) is 66.0 Å². The fourth-order valence-corrected chi connectivity index (χ4v) is 3.97. The van der Waals surface area contributed by atoms with Crippen molar-refractivity contribution in [1.82, 2.24) is 9.55 Å². The van der Waals surface area contributed by atoms with Crippen LogP contribution in [-0.4, -0.2) is 27.9 Å². The molecule has 0 bridgehead atoms. The van der Waals surface area contributed by atoms with Gasteiger partial charge in [0.05, 0.1) is 28.1 Å². The molecule has 0 spiro atoms. The number of nitrogens with zero attached hydrogens (tertiary/aromatic N) is 2. The van der Waals surface area contributed by atoms with E-state index in [1.54, 1.807) is 12.1 Å². The predicted molar refractivity (Wildman–Crippen MR) is 114 cm³/mol. The third-order valence-corrected chi connectivity index (χ3v) is 5.56. The Hall–Kier alpha value is -3.25. The highest BCUT2D eigenvalue weighted by Crippen LogP contribution is 2.22. The summed E-state index contributed by atoms with van der Waals surface area (Å²) in [6, 6.07) is 19.0. The minimum absolute atomic E-state index is 0.0828. The second kappa shape index (κ2) is 8.41. The van der Waals surface area contributed by atoms with Gasteiger partial charge in [0.2, 0.25) is 0 Å². The van der Waals surface area contributed by atoms with Crippen molar-refractivity contribution in [3.05, 3.63) is 82.3 Å². The molecule has 0 radical (unpaired) electrons. The molecule has 0 saturated carbocycles. The van der Waals surface area contributed by atoms with Crippen LogP contribution in [0.3, 0.4) is 0 Å². The molecule has 0 aliphatic carbocycles. The quantitative estimate of drug-likeness (QED) is 0.241. The average molecular weight is 404 g/mol. The molecular formula is C23H20N2O3S. The maximum absolute atomic E-state index is 12.4. The van der Waals surface area contributed by atoms with Gasteiger partial charge in [-0.15, -0.1) is 11.3 Å². The van der Waals surface area contributed by atoms with Crippen LogP contribution in [0.1, 0.15) is 38.7 Å². The summed E-state index contributed by atoms with van der Waals surface area (Å²) in [6.07, 6.45) is 0.875. The highest BCUT2D eigenvalue weighted by Gasteiger charge is 2.14. The van der Waals surface area contributed by atoms with Gasteiger partial charge in [0.1, 0.15) is 5.82 Å². The van der Waals surface area contributed by atoms with E-state index in [0.29, 0.717) is 18.4 Å². The van der Waals surface area contributed by atoms with Crippen LogP contribution in [0, 0.1) is 6.92 Å². The molecule has 4 rings (SSSR count). The first-order valence-corrected chi connectivity index (χ1v) is 10.3. The van der Waals surface area contributed by atoms with E-state index in [1.807, 2.05) is 60.8 Å². The zero-order chi connectivity index (χ0) is 20.2. The fraction of sp³-hybridized carbons (Fsp3) is 0.174. The number of hydrogen-bond acceptors (Lipinski definition) is 5. The van der Waals surface area contributed by atoms with E-state index in [4.69, 9.17) is 4.74 Å². The van der Waals surface area contributed by atoms with Crippen LogP contribution < -0.4 is 0 Å². The van der Waals surface area contributed by atoms with E-state index >= 15 is 0 Å². The Balaban J connectivity index is 1.41. The Bertz CT molecular complexity index is 1150. The number of carbonyl (C=O) groups is 2. The minimum Gasteiger partial charge on any atom is -0.462 e. The Labute approximate surface area is 172 Å². The molecule has 0 saturated heterocycles. The highest BCUT2D eigenvalue weighted by atomic mass is 32.1. The van der Waals surface area contributed by atoms with E-state index in [2.05, 4.69) is 9.55 Å². The molecule has 0 fully saturated rings. The Kier molecular flexibility index (Phi) is 5.53. The van der Waals surface area contributed by atoms with Gasteiger partial charge in [0.25, 0.3) is 0 Å². The van der Waals surface area contributed by atoms with Crippen LogP contribution in [0.2, 0.25) is 0 Å². The number of thiophene rings is 1. The maximum atomic E-state index is 12.4. The van der Waals surface area contributed by atoms with Gasteiger partial charge in [-0.25, -0.2) is 9.78 Å². The molecule has 29 heavy (non-hydrogen) atoms. The molecule has 5 nitrogen and oxygen atoms in total. The Morgan fingerprint density at radius 1 is 1.07 bits per heavy atom. The number of hydrogen-bond donors (Lipinski definition) is 0. The van der Waals surface area contributed by atoms with Gasteiger partial charge in [-0.1, -0.05) is 24.3 Å². The molecule has 4 aromatic rings. The van der Waals surface area contributed by atoms with Gasteiger partial charge in [-0.2, -0.15) is 0 Å². The van der Waals surface area contributed by atoms with Crippen LogP contribution in [0.5, 0.6) is 0 Å². The zero-order valence-corrected chi connectivity index (χ0v) is 16.8. The van der Waals surface area contributed by atoms with E-state index in [9.17, 15) is 9.59 Å². The number of carbonyl (C=O) groups excluding carboxylic acids is 2. The van der Waals surface area contributed by atoms with Gasteiger partial charge in [-0.3, -0.25) is 9.36 Å². The van der Waals surface area contributed by atoms with E-state index in [-0.39, 0.29) is 12.4 Å². The number of rotatable bonds is 7. The number of ketones is 1. The topological polar surface area (TPSA) is 61.2 Å². The predicted octanol–water partition coefficient (Wildman–Crippen LogP) is 5.22. The smallest absolute Gasteiger partial charge is 0.338 e. The van der Waals surface area contributed by atoms with Crippen molar-refractivity contribution < 1.29 is 14.3 Å². The number of imidazole rings is 1. The molecule has 2 heterocycles. The van der Waals surface area contributed by atoms with Crippen molar-refractivity contribution in [2.45, 2.75) is 19.8 Å². The second-order valence-electron chi connectivity index (χ2n) is 6.67. The van der Waals surface area contributed by atoms with E-state index < -0.39 is 5.97 Å². The Morgan fingerprint density at radius 2 is 1.90 bits per heavy atom. The van der Waals surface area contributed by atoms with Crippen LogP contribution in [-0.2, 0) is 4.74 Å². The van der Waals surface area contributed by atoms with Crippen molar-refractivity contribution in [2.75, 3.05) is 6.61 Å². The molecule has 0 N–H and O–H groups in total. The van der Waals surface area contributed by atoms with Gasteiger partial charge in [-0.05, 0) is 55.1 Å². The van der Waals surface area contributed by atoms with Crippen molar-refractivity contribution in [1.29, 1.82) is 0 Å². The SMILES string of the molecule is Cc1nc2cc(C(=O)OCCCC(=O)c3cccs3)ccc2n1-c1ccccc1. The summed E-state index contributed by atoms with van der Waals surface area (Å²) >= 11 is 1.43. The highest BCUT2D eigenvalue weighted by molar-refractivity contribution is 7.12. The molecule has 0 aliphatic rings.